The lowest BCUT2D eigenvalue weighted by Gasteiger charge is -2.56. The van der Waals surface area contributed by atoms with Gasteiger partial charge in [-0.3, -0.25) is 4.79 Å². The normalized spacial score (nSPS) is 19.2. The molecule has 3 aliphatic rings. The Bertz CT molecular complexity index is 1190. The van der Waals surface area contributed by atoms with Crippen molar-refractivity contribution in [3.63, 3.8) is 0 Å². The van der Waals surface area contributed by atoms with Gasteiger partial charge in [-0.15, -0.1) is 0 Å². The number of carbonyl (C=O) groups excluding carboxylic acids is 1. The number of imidazole rings is 1. The number of nitrogens with zero attached hydrogens (tertiary/aromatic N) is 5. The second kappa shape index (κ2) is 8.43. The standard InChI is InChI=1S/C24H30N8O2/c25-19(33)9-10-26-23-29-21(20-22(30-23)32(15-27-20)18-3-1-2-4-18)28-16-5-7-17(8-6-16)31-11-24(12-31)13-34-14-24/h5-8,15,18H,1-4,9-14H2,(H2,25,33)(H2,26,28,29,30). The van der Waals surface area contributed by atoms with Crippen LogP contribution in [0, 0.1) is 5.41 Å². The number of aromatic nitrogens is 4. The molecule has 1 aromatic carbocycles. The maximum atomic E-state index is 11.2. The third-order valence-corrected chi connectivity index (χ3v) is 7.16. The minimum absolute atomic E-state index is 0.220. The van der Waals surface area contributed by atoms with Gasteiger partial charge < -0.3 is 30.6 Å². The molecule has 0 atom stereocenters. The molecule has 10 heteroatoms. The Hall–Kier alpha value is -3.40. The molecule has 1 saturated carbocycles. The van der Waals surface area contributed by atoms with Crippen molar-refractivity contribution in [1.82, 2.24) is 19.5 Å². The van der Waals surface area contributed by atoms with Crippen molar-refractivity contribution >= 4 is 40.2 Å². The van der Waals surface area contributed by atoms with Crippen LogP contribution in [0.5, 0.6) is 0 Å². The summed E-state index contributed by atoms with van der Waals surface area (Å²) in [5.41, 5.74) is 9.37. The van der Waals surface area contributed by atoms with E-state index in [1.54, 1.807) is 0 Å². The van der Waals surface area contributed by atoms with Gasteiger partial charge in [0, 0.05) is 43.5 Å². The average molecular weight is 463 g/mol. The number of rotatable bonds is 8. The van der Waals surface area contributed by atoms with Crippen LogP contribution < -0.4 is 21.3 Å². The number of ether oxygens (including phenoxy) is 1. The number of hydrogen-bond donors (Lipinski definition) is 3. The van der Waals surface area contributed by atoms with Crippen molar-refractivity contribution in [2.45, 2.75) is 38.1 Å². The van der Waals surface area contributed by atoms with Crippen LogP contribution in [0.1, 0.15) is 38.1 Å². The summed E-state index contributed by atoms with van der Waals surface area (Å²) >= 11 is 0. The SMILES string of the molecule is NC(=O)CCNc1nc(Nc2ccc(N3CC4(COC4)C3)cc2)c2ncn(C3CCCC3)c2n1. The minimum Gasteiger partial charge on any atom is -0.380 e. The zero-order chi connectivity index (χ0) is 23.1. The number of hydrogen-bond acceptors (Lipinski definition) is 8. The maximum Gasteiger partial charge on any atom is 0.226 e. The van der Waals surface area contributed by atoms with Gasteiger partial charge in [0.15, 0.2) is 17.0 Å². The Morgan fingerprint density at radius 2 is 1.91 bits per heavy atom. The maximum absolute atomic E-state index is 11.2. The fourth-order valence-corrected chi connectivity index (χ4v) is 5.24. The molecule has 4 heterocycles. The molecular weight excluding hydrogens is 432 g/mol. The molecule has 1 amide bonds. The highest BCUT2D eigenvalue weighted by Crippen LogP contribution is 2.40. The largest absolute Gasteiger partial charge is 0.380 e. The van der Waals surface area contributed by atoms with Crippen LogP contribution >= 0.6 is 0 Å². The Labute approximate surface area is 197 Å². The summed E-state index contributed by atoms with van der Waals surface area (Å²) < 4.78 is 7.55. The lowest BCUT2D eigenvalue weighted by molar-refractivity contribution is -0.127. The third-order valence-electron chi connectivity index (χ3n) is 7.16. The third kappa shape index (κ3) is 3.91. The fourth-order valence-electron chi connectivity index (χ4n) is 5.24. The first-order valence-corrected chi connectivity index (χ1v) is 12.1. The molecule has 10 nitrogen and oxygen atoms in total. The number of nitrogens with one attached hydrogen (secondary N) is 2. The molecule has 0 unspecified atom stereocenters. The van der Waals surface area contributed by atoms with Crippen molar-refractivity contribution < 1.29 is 9.53 Å². The van der Waals surface area contributed by atoms with Gasteiger partial charge in [0.25, 0.3) is 0 Å². The summed E-state index contributed by atoms with van der Waals surface area (Å²) in [5.74, 6) is 0.743. The van der Waals surface area contributed by atoms with Crippen LogP contribution in [0.15, 0.2) is 30.6 Å². The van der Waals surface area contributed by atoms with E-state index in [1.807, 2.05) is 6.33 Å². The van der Waals surface area contributed by atoms with E-state index in [1.165, 1.54) is 18.5 Å². The number of anilines is 4. The number of carbonyl (C=O) groups is 1. The van der Waals surface area contributed by atoms with Gasteiger partial charge in [-0.05, 0) is 37.1 Å². The van der Waals surface area contributed by atoms with E-state index >= 15 is 0 Å². The summed E-state index contributed by atoms with van der Waals surface area (Å²) in [6.07, 6.45) is 6.81. The lowest BCUT2D eigenvalue weighted by Crippen LogP contribution is -2.66. The Morgan fingerprint density at radius 3 is 2.59 bits per heavy atom. The molecule has 2 saturated heterocycles. The fraction of sp³-hybridized carbons (Fsp3) is 0.500. The van der Waals surface area contributed by atoms with E-state index in [4.69, 9.17) is 15.5 Å². The molecule has 1 aliphatic carbocycles. The zero-order valence-electron chi connectivity index (χ0n) is 19.2. The summed E-state index contributed by atoms with van der Waals surface area (Å²) in [7, 11) is 0. The zero-order valence-corrected chi connectivity index (χ0v) is 19.2. The summed E-state index contributed by atoms with van der Waals surface area (Å²) in [5, 5.41) is 6.57. The Balaban J connectivity index is 1.24. The number of amides is 1. The van der Waals surface area contributed by atoms with Crippen molar-refractivity contribution in [3.05, 3.63) is 30.6 Å². The summed E-state index contributed by atoms with van der Waals surface area (Å²) in [6.45, 7) is 4.28. The van der Waals surface area contributed by atoms with Gasteiger partial charge in [-0.25, -0.2) is 4.98 Å². The van der Waals surface area contributed by atoms with Gasteiger partial charge >= 0.3 is 0 Å². The van der Waals surface area contributed by atoms with E-state index in [2.05, 4.69) is 54.3 Å². The van der Waals surface area contributed by atoms with E-state index in [0.717, 1.165) is 56.0 Å². The van der Waals surface area contributed by atoms with Gasteiger partial charge in [-0.2, -0.15) is 9.97 Å². The minimum atomic E-state index is -0.360. The second-order valence-electron chi connectivity index (χ2n) is 9.82. The van der Waals surface area contributed by atoms with Crippen molar-refractivity contribution in [1.29, 1.82) is 0 Å². The number of primary amides is 1. The second-order valence-corrected chi connectivity index (χ2v) is 9.82. The van der Waals surface area contributed by atoms with Crippen LogP contribution in [-0.4, -0.2) is 58.3 Å². The van der Waals surface area contributed by atoms with Gasteiger partial charge in [0.05, 0.1) is 25.0 Å². The molecule has 6 rings (SSSR count). The van der Waals surface area contributed by atoms with Gasteiger partial charge in [0.2, 0.25) is 11.9 Å². The number of fused-ring (bicyclic) bond motifs is 1. The van der Waals surface area contributed by atoms with Crippen LogP contribution in [0.25, 0.3) is 11.2 Å². The molecule has 2 aliphatic heterocycles. The monoisotopic (exact) mass is 462 g/mol. The highest BCUT2D eigenvalue weighted by molar-refractivity contribution is 5.87. The van der Waals surface area contributed by atoms with Crippen molar-refractivity contribution in [2.75, 3.05) is 48.4 Å². The number of nitrogens with two attached hydrogens (primary N) is 1. The lowest BCUT2D eigenvalue weighted by atomic mass is 9.78. The summed E-state index contributed by atoms with van der Waals surface area (Å²) in [4.78, 5) is 27.6. The molecule has 0 bridgehead atoms. The smallest absolute Gasteiger partial charge is 0.226 e. The average Bonchev–Trinajstić information content (AvgIpc) is 3.42. The molecule has 2 aromatic heterocycles. The van der Waals surface area contributed by atoms with Gasteiger partial charge in [-0.1, -0.05) is 12.8 Å². The summed E-state index contributed by atoms with van der Waals surface area (Å²) in [6, 6.07) is 8.82. The topological polar surface area (TPSA) is 123 Å². The van der Waals surface area contributed by atoms with E-state index < -0.39 is 0 Å². The predicted molar refractivity (Wildman–Crippen MR) is 130 cm³/mol. The van der Waals surface area contributed by atoms with Crippen LogP contribution in [0.2, 0.25) is 0 Å². The highest BCUT2D eigenvalue weighted by atomic mass is 16.5. The first-order chi connectivity index (χ1) is 16.6. The first kappa shape index (κ1) is 21.2. The molecule has 4 N–H and O–H groups in total. The molecule has 178 valence electrons. The van der Waals surface area contributed by atoms with E-state index in [0.29, 0.717) is 29.8 Å². The van der Waals surface area contributed by atoms with Crippen LogP contribution in [-0.2, 0) is 9.53 Å². The highest BCUT2D eigenvalue weighted by Gasteiger charge is 2.48. The van der Waals surface area contributed by atoms with E-state index in [-0.39, 0.29) is 12.3 Å². The first-order valence-electron chi connectivity index (χ1n) is 12.1. The Kier molecular flexibility index (Phi) is 5.24. The van der Waals surface area contributed by atoms with Crippen LogP contribution in [0.4, 0.5) is 23.1 Å². The van der Waals surface area contributed by atoms with Crippen LogP contribution in [0.3, 0.4) is 0 Å². The Morgan fingerprint density at radius 1 is 1.15 bits per heavy atom. The van der Waals surface area contributed by atoms with Gasteiger partial charge in [0.1, 0.15) is 0 Å². The molecule has 0 radical (unpaired) electrons. The number of benzene rings is 1. The molecule has 34 heavy (non-hydrogen) atoms. The molecule has 1 spiro atoms. The molecule has 3 aromatic rings. The predicted octanol–water partition coefficient (Wildman–Crippen LogP) is 2.81. The van der Waals surface area contributed by atoms with E-state index in [9.17, 15) is 4.79 Å². The molecular formula is C24H30N8O2. The quantitative estimate of drug-likeness (QED) is 0.467. The van der Waals surface area contributed by atoms with Crippen molar-refractivity contribution in [3.8, 4) is 0 Å². The molecule has 3 fully saturated rings. The van der Waals surface area contributed by atoms with Crippen molar-refractivity contribution in [2.24, 2.45) is 11.1 Å².